The Morgan fingerprint density at radius 2 is 1.60 bits per heavy atom. The first-order valence-electron chi connectivity index (χ1n) is 5.06. The van der Waals surface area contributed by atoms with Gasteiger partial charge >= 0.3 is 0 Å². The molecule has 1 rings (SSSR count). The van der Waals surface area contributed by atoms with Crippen LogP contribution in [0.4, 0.5) is 0 Å². The standard InChI is InChI=1S/C12H20N2O/c1-9-8-10(6-7-11(9)15)12(13(2)3)14(4)5/h6-8,12,15H,1-5H3. The SMILES string of the molecule is Cc1cc(C(N(C)C)N(C)C)ccc1O. The lowest BCUT2D eigenvalue weighted by molar-refractivity contribution is 0.130. The molecule has 1 aromatic rings. The maximum atomic E-state index is 9.48. The lowest BCUT2D eigenvalue weighted by Crippen LogP contribution is -2.32. The van der Waals surface area contributed by atoms with E-state index >= 15 is 0 Å². The molecule has 0 amide bonds. The highest BCUT2D eigenvalue weighted by atomic mass is 16.3. The summed E-state index contributed by atoms with van der Waals surface area (Å²) in [7, 11) is 8.19. The Labute approximate surface area is 91.9 Å². The number of rotatable bonds is 3. The Balaban J connectivity index is 3.07. The summed E-state index contributed by atoms with van der Waals surface area (Å²) in [5.41, 5.74) is 2.11. The van der Waals surface area contributed by atoms with Gasteiger partial charge in [0, 0.05) is 0 Å². The van der Waals surface area contributed by atoms with Gasteiger partial charge in [0.25, 0.3) is 0 Å². The molecular formula is C12H20N2O. The average Bonchev–Trinajstić information content (AvgIpc) is 2.10. The first kappa shape index (κ1) is 12.0. The zero-order valence-electron chi connectivity index (χ0n) is 10.2. The first-order chi connectivity index (χ1) is 6.93. The van der Waals surface area contributed by atoms with Crippen LogP contribution in [-0.2, 0) is 0 Å². The molecule has 3 nitrogen and oxygen atoms in total. The quantitative estimate of drug-likeness (QED) is 0.768. The van der Waals surface area contributed by atoms with Crippen molar-refractivity contribution in [1.82, 2.24) is 9.80 Å². The molecule has 0 spiro atoms. The van der Waals surface area contributed by atoms with E-state index < -0.39 is 0 Å². The Bertz CT molecular complexity index is 326. The number of aryl methyl sites for hydroxylation is 1. The van der Waals surface area contributed by atoms with Crippen LogP contribution in [0.15, 0.2) is 18.2 Å². The van der Waals surface area contributed by atoms with E-state index in [1.54, 1.807) is 6.07 Å². The second-order valence-corrected chi connectivity index (χ2v) is 4.35. The van der Waals surface area contributed by atoms with E-state index in [0.29, 0.717) is 5.75 Å². The number of hydrogen-bond donors (Lipinski definition) is 1. The summed E-state index contributed by atoms with van der Waals surface area (Å²) in [4.78, 5) is 4.29. The molecule has 0 fully saturated rings. The number of benzene rings is 1. The minimum Gasteiger partial charge on any atom is -0.508 e. The maximum absolute atomic E-state index is 9.48. The molecule has 0 aliphatic carbocycles. The molecule has 0 atom stereocenters. The summed E-state index contributed by atoms with van der Waals surface area (Å²) < 4.78 is 0. The summed E-state index contributed by atoms with van der Waals surface area (Å²) >= 11 is 0. The monoisotopic (exact) mass is 208 g/mol. The summed E-state index contributed by atoms with van der Waals surface area (Å²) in [6, 6.07) is 5.75. The molecule has 15 heavy (non-hydrogen) atoms. The van der Waals surface area contributed by atoms with E-state index in [9.17, 15) is 5.11 Å². The van der Waals surface area contributed by atoms with Crippen molar-refractivity contribution in [2.45, 2.75) is 13.1 Å². The molecule has 84 valence electrons. The third kappa shape index (κ3) is 2.70. The van der Waals surface area contributed by atoms with E-state index in [1.165, 1.54) is 5.56 Å². The van der Waals surface area contributed by atoms with Gasteiger partial charge in [0.2, 0.25) is 0 Å². The van der Waals surface area contributed by atoms with Crippen LogP contribution in [0.25, 0.3) is 0 Å². The van der Waals surface area contributed by atoms with Gasteiger partial charge in [0.1, 0.15) is 5.75 Å². The number of phenols is 1. The third-order valence-corrected chi connectivity index (χ3v) is 2.50. The van der Waals surface area contributed by atoms with Crippen molar-refractivity contribution in [2.75, 3.05) is 28.2 Å². The first-order valence-corrected chi connectivity index (χ1v) is 5.06. The predicted molar refractivity (Wildman–Crippen MR) is 63.0 cm³/mol. The Morgan fingerprint density at radius 1 is 1.07 bits per heavy atom. The van der Waals surface area contributed by atoms with E-state index in [4.69, 9.17) is 0 Å². The van der Waals surface area contributed by atoms with Crippen molar-refractivity contribution in [2.24, 2.45) is 0 Å². The molecule has 1 N–H and O–H groups in total. The Hall–Kier alpha value is -1.06. The van der Waals surface area contributed by atoms with Crippen LogP contribution in [0.2, 0.25) is 0 Å². The number of aromatic hydroxyl groups is 1. The topological polar surface area (TPSA) is 26.7 Å². The number of nitrogens with zero attached hydrogens (tertiary/aromatic N) is 2. The van der Waals surface area contributed by atoms with Crippen LogP contribution in [0.3, 0.4) is 0 Å². The Kier molecular flexibility index (Phi) is 3.72. The summed E-state index contributed by atoms with van der Waals surface area (Å²) in [6.45, 7) is 1.92. The molecule has 0 saturated carbocycles. The minimum absolute atomic E-state index is 0.240. The van der Waals surface area contributed by atoms with Crippen LogP contribution in [0.1, 0.15) is 17.3 Å². The van der Waals surface area contributed by atoms with Gasteiger partial charge in [0.05, 0.1) is 6.17 Å². The molecule has 0 aliphatic rings. The summed E-state index contributed by atoms with van der Waals surface area (Å²) in [5, 5.41) is 9.48. The fourth-order valence-electron chi connectivity index (χ4n) is 1.90. The highest BCUT2D eigenvalue weighted by Gasteiger charge is 2.16. The normalized spacial score (nSPS) is 11.7. The van der Waals surface area contributed by atoms with Crippen molar-refractivity contribution in [3.63, 3.8) is 0 Å². The van der Waals surface area contributed by atoms with Crippen LogP contribution in [0.5, 0.6) is 5.75 Å². The van der Waals surface area contributed by atoms with E-state index in [2.05, 4.69) is 9.80 Å². The van der Waals surface area contributed by atoms with Gasteiger partial charge in [-0.3, -0.25) is 9.80 Å². The molecule has 0 radical (unpaired) electrons. The van der Waals surface area contributed by atoms with Gasteiger partial charge in [-0.25, -0.2) is 0 Å². The molecule has 0 heterocycles. The van der Waals surface area contributed by atoms with Gasteiger partial charge in [-0.2, -0.15) is 0 Å². The predicted octanol–water partition coefficient (Wildman–Crippen LogP) is 1.82. The molecule has 0 unspecified atom stereocenters. The van der Waals surface area contributed by atoms with Crippen LogP contribution in [0, 0.1) is 6.92 Å². The van der Waals surface area contributed by atoms with Crippen molar-refractivity contribution >= 4 is 0 Å². The summed E-state index contributed by atoms with van der Waals surface area (Å²) in [5.74, 6) is 0.356. The second kappa shape index (κ2) is 4.64. The lowest BCUT2D eigenvalue weighted by Gasteiger charge is -2.31. The summed E-state index contributed by atoms with van der Waals surface area (Å²) in [6.07, 6.45) is 0.240. The van der Waals surface area contributed by atoms with Gasteiger partial charge < -0.3 is 5.11 Å². The van der Waals surface area contributed by atoms with Crippen molar-refractivity contribution in [3.05, 3.63) is 29.3 Å². The number of phenolic OH excluding ortho intramolecular Hbond substituents is 1. The molecule has 0 aliphatic heterocycles. The van der Waals surface area contributed by atoms with Gasteiger partial charge in [-0.05, 0) is 58.4 Å². The largest absolute Gasteiger partial charge is 0.508 e. The van der Waals surface area contributed by atoms with Gasteiger partial charge in [0.15, 0.2) is 0 Å². The fourth-order valence-corrected chi connectivity index (χ4v) is 1.90. The molecule has 0 aromatic heterocycles. The average molecular weight is 208 g/mol. The minimum atomic E-state index is 0.240. The second-order valence-electron chi connectivity index (χ2n) is 4.35. The smallest absolute Gasteiger partial charge is 0.118 e. The van der Waals surface area contributed by atoms with Crippen molar-refractivity contribution < 1.29 is 5.11 Å². The van der Waals surface area contributed by atoms with Gasteiger partial charge in [-0.15, -0.1) is 0 Å². The third-order valence-electron chi connectivity index (χ3n) is 2.50. The van der Waals surface area contributed by atoms with Gasteiger partial charge in [-0.1, -0.05) is 6.07 Å². The maximum Gasteiger partial charge on any atom is 0.118 e. The van der Waals surface area contributed by atoms with E-state index in [-0.39, 0.29) is 6.17 Å². The molecule has 3 heteroatoms. The highest BCUT2D eigenvalue weighted by Crippen LogP contribution is 2.25. The van der Waals surface area contributed by atoms with Crippen molar-refractivity contribution in [1.29, 1.82) is 0 Å². The zero-order valence-corrected chi connectivity index (χ0v) is 10.2. The van der Waals surface area contributed by atoms with Crippen LogP contribution in [-0.4, -0.2) is 43.1 Å². The molecule has 0 saturated heterocycles. The zero-order chi connectivity index (χ0) is 11.6. The van der Waals surface area contributed by atoms with Crippen LogP contribution < -0.4 is 0 Å². The van der Waals surface area contributed by atoms with Crippen LogP contribution >= 0.6 is 0 Å². The molecule has 1 aromatic carbocycles. The van der Waals surface area contributed by atoms with E-state index in [1.807, 2.05) is 47.2 Å². The highest BCUT2D eigenvalue weighted by molar-refractivity contribution is 5.36. The lowest BCUT2D eigenvalue weighted by atomic mass is 10.1. The Morgan fingerprint density at radius 3 is 2.00 bits per heavy atom. The van der Waals surface area contributed by atoms with Crippen molar-refractivity contribution in [3.8, 4) is 5.75 Å². The number of hydrogen-bond acceptors (Lipinski definition) is 3. The fraction of sp³-hybridized carbons (Fsp3) is 0.500. The molecule has 0 bridgehead atoms. The van der Waals surface area contributed by atoms with E-state index in [0.717, 1.165) is 5.56 Å². The molecular weight excluding hydrogens is 188 g/mol.